The Balaban J connectivity index is 1.79. The minimum Gasteiger partial charge on any atom is -0.493 e. The molecule has 0 heterocycles. The Hall–Kier alpha value is -2.04. The van der Waals surface area contributed by atoms with Crippen LogP contribution in [0.5, 0.6) is 5.75 Å². The predicted octanol–water partition coefficient (Wildman–Crippen LogP) is 2.28. The largest absolute Gasteiger partial charge is 0.493 e. The third-order valence-corrected chi connectivity index (χ3v) is 3.86. The number of carbonyl (C=O) groups excluding carboxylic acids is 1. The van der Waals surface area contributed by atoms with Crippen molar-refractivity contribution in [2.45, 2.75) is 44.6 Å². The third-order valence-electron chi connectivity index (χ3n) is 3.86. The van der Waals surface area contributed by atoms with Crippen molar-refractivity contribution in [1.29, 1.82) is 0 Å². The molecule has 1 aromatic rings. The molecule has 0 aliphatic heterocycles. The van der Waals surface area contributed by atoms with Crippen molar-refractivity contribution in [3.63, 3.8) is 0 Å². The molecule has 1 aliphatic carbocycles. The van der Waals surface area contributed by atoms with Crippen LogP contribution in [-0.4, -0.2) is 29.1 Å². The lowest BCUT2D eigenvalue weighted by Gasteiger charge is -2.25. The minimum atomic E-state index is -1.07. The topological polar surface area (TPSA) is 75.6 Å². The Morgan fingerprint density at radius 3 is 2.43 bits per heavy atom. The Kier molecular flexibility index (Phi) is 4.83. The predicted molar refractivity (Wildman–Crippen MR) is 78.3 cm³/mol. The number of carboxylic acid groups (broad SMARTS) is 1. The van der Waals surface area contributed by atoms with Gasteiger partial charge in [-0.3, -0.25) is 4.79 Å². The number of aliphatic carboxylic acids is 1. The van der Waals surface area contributed by atoms with E-state index >= 15 is 0 Å². The number of hydrogen-bond acceptors (Lipinski definition) is 3. The number of carboxylic acids is 1. The van der Waals surface area contributed by atoms with Crippen LogP contribution in [0.25, 0.3) is 0 Å². The summed E-state index contributed by atoms with van der Waals surface area (Å²) in [5.41, 5.74) is 0.0748. The van der Waals surface area contributed by atoms with Crippen LogP contribution >= 0.6 is 0 Å². The van der Waals surface area contributed by atoms with Gasteiger partial charge in [0, 0.05) is 0 Å². The van der Waals surface area contributed by atoms with Crippen LogP contribution in [0.2, 0.25) is 0 Å². The first-order chi connectivity index (χ1) is 10.0. The van der Waals surface area contributed by atoms with Gasteiger partial charge in [-0.2, -0.15) is 0 Å². The standard InChI is InChI=1S/C16H21NO4/c1-12-4-6-13(7-5-12)21-11-8-14(18)17-16(15(19)20)9-2-3-10-16/h4-7H,2-3,8-11H2,1H3,(H,17,18)(H,19,20). The molecule has 0 unspecified atom stereocenters. The maximum atomic E-state index is 11.9. The fourth-order valence-corrected chi connectivity index (χ4v) is 2.60. The maximum absolute atomic E-state index is 11.9. The van der Waals surface area contributed by atoms with Crippen LogP contribution in [0.15, 0.2) is 24.3 Å². The van der Waals surface area contributed by atoms with Gasteiger partial charge in [0.25, 0.3) is 0 Å². The van der Waals surface area contributed by atoms with Gasteiger partial charge in [0.15, 0.2) is 0 Å². The van der Waals surface area contributed by atoms with Crippen LogP contribution in [0.3, 0.4) is 0 Å². The lowest BCUT2D eigenvalue weighted by Crippen LogP contribution is -2.52. The number of aryl methyl sites for hydroxylation is 1. The fraction of sp³-hybridized carbons (Fsp3) is 0.500. The van der Waals surface area contributed by atoms with Gasteiger partial charge in [0.05, 0.1) is 13.0 Å². The zero-order valence-corrected chi connectivity index (χ0v) is 12.2. The van der Waals surface area contributed by atoms with Gasteiger partial charge in [0.1, 0.15) is 11.3 Å². The van der Waals surface area contributed by atoms with E-state index < -0.39 is 11.5 Å². The van der Waals surface area contributed by atoms with E-state index in [1.165, 1.54) is 0 Å². The van der Waals surface area contributed by atoms with E-state index in [9.17, 15) is 14.7 Å². The molecule has 1 aromatic carbocycles. The summed E-state index contributed by atoms with van der Waals surface area (Å²) >= 11 is 0. The second-order valence-electron chi connectivity index (χ2n) is 5.55. The first-order valence-electron chi connectivity index (χ1n) is 7.26. The molecule has 1 fully saturated rings. The van der Waals surface area contributed by atoms with Crippen LogP contribution < -0.4 is 10.1 Å². The number of ether oxygens (including phenoxy) is 1. The quantitative estimate of drug-likeness (QED) is 0.843. The number of rotatable bonds is 6. The van der Waals surface area contributed by atoms with Crippen molar-refractivity contribution in [2.75, 3.05) is 6.61 Å². The zero-order chi connectivity index (χ0) is 15.3. The molecular formula is C16H21NO4. The van der Waals surface area contributed by atoms with Gasteiger partial charge in [0.2, 0.25) is 5.91 Å². The Labute approximate surface area is 124 Å². The van der Waals surface area contributed by atoms with Gasteiger partial charge in [-0.1, -0.05) is 30.5 Å². The average Bonchev–Trinajstić information content (AvgIpc) is 2.91. The molecule has 114 valence electrons. The summed E-state index contributed by atoms with van der Waals surface area (Å²) in [6.07, 6.45) is 2.85. The molecule has 5 heteroatoms. The molecule has 2 N–H and O–H groups in total. The van der Waals surface area contributed by atoms with Gasteiger partial charge >= 0.3 is 5.97 Å². The van der Waals surface area contributed by atoms with Gasteiger partial charge in [-0.25, -0.2) is 4.79 Å². The molecule has 0 saturated heterocycles. The highest BCUT2D eigenvalue weighted by atomic mass is 16.5. The summed E-state index contributed by atoms with van der Waals surface area (Å²) in [5, 5.41) is 12.0. The molecular weight excluding hydrogens is 270 g/mol. The SMILES string of the molecule is Cc1ccc(OCCC(=O)NC2(C(=O)O)CCCC2)cc1. The lowest BCUT2D eigenvalue weighted by atomic mass is 9.97. The first-order valence-corrected chi connectivity index (χ1v) is 7.26. The molecule has 21 heavy (non-hydrogen) atoms. The Bertz CT molecular complexity index is 504. The zero-order valence-electron chi connectivity index (χ0n) is 12.2. The van der Waals surface area contributed by atoms with Gasteiger partial charge in [-0.05, 0) is 31.9 Å². The molecule has 2 rings (SSSR count). The van der Waals surface area contributed by atoms with Crippen molar-refractivity contribution in [3.8, 4) is 5.75 Å². The van der Waals surface area contributed by atoms with Gasteiger partial charge < -0.3 is 15.2 Å². The highest BCUT2D eigenvalue weighted by Gasteiger charge is 2.42. The van der Waals surface area contributed by atoms with E-state index in [0.717, 1.165) is 18.4 Å². The fourth-order valence-electron chi connectivity index (χ4n) is 2.60. The normalized spacial score (nSPS) is 16.4. The number of nitrogens with one attached hydrogen (secondary N) is 1. The van der Waals surface area contributed by atoms with Gasteiger partial charge in [-0.15, -0.1) is 0 Å². The molecule has 1 saturated carbocycles. The number of amides is 1. The van der Waals surface area contributed by atoms with Crippen LogP contribution in [0.1, 0.15) is 37.7 Å². The second-order valence-corrected chi connectivity index (χ2v) is 5.55. The molecule has 5 nitrogen and oxygen atoms in total. The van der Waals surface area contributed by atoms with Crippen molar-refractivity contribution in [3.05, 3.63) is 29.8 Å². The molecule has 0 radical (unpaired) electrons. The van der Waals surface area contributed by atoms with Crippen LogP contribution in [0.4, 0.5) is 0 Å². The summed E-state index contributed by atoms with van der Waals surface area (Å²) in [6, 6.07) is 7.58. The Morgan fingerprint density at radius 2 is 1.86 bits per heavy atom. The van der Waals surface area contributed by atoms with E-state index in [-0.39, 0.29) is 18.9 Å². The monoisotopic (exact) mass is 291 g/mol. The van der Waals surface area contributed by atoms with E-state index in [1.54, 1.807) is 0 Å². The average molecular weight is 291 g/mol. The Morgan fingerprint density at radius 1 is 1.24 bits per heavy atom. The van der Waals surface area contributed by atoms with Crippen LogP contribution in [0, 0.1) is 6.92 Å². The molecule has 0 atom stereocenters. The van der Waals surface area contributed by atoms with Crippen molar-refractivity contribution < 1.29 is 19.4 Å². The minimum absolute atomic E-state index is 0.156. The molecule has 0 aromatic heterocycles. The molecule has 1 amide bonds. The third kappa shape index (κ3) is 3.97. The summed E-state index contributed by atoms with van der Waals surface area (Å²) in [6.45, 7) is 2.23. The summed E-state index contributed by atoms with van der Waals surface area (Å²) in [4.78, 5) is 23.2. The maximum Gasteiger partial charge on any atom is 0.329 e. The van der Waals surface area contributed by atoms with Crippen molar-refractivity contribution in [1.82, 2.24) is 5.32 Å². The summed E-state index contributed by atoms with van der Waals surface area (Å²) in [5.74, 6) is -0.499. The number of carbonyl (C=O) groups is 2. The molecule has 0 bridgehead atoms. The van der Waals surface area contributed by atoms with Crippen LogP contribution in [-0.2, 0) is 9.59 Å². The highest BCUT2D eigenvalue weighted by Crippen LogP contribution is 2.29. The molecule has 1 aliphatic rings. The lowest BCUT2D eigenvalue weighted by molar-refractivity contribution is -0.147. The smallest absolute Gasteiger partial charge is 0.329 e. The van der Waals surface area contributed by atoms with E-state index in [2.05, 4.69) is 5.32 Å². The first kappa shape index (κ1) is 15.4. The molecule has 0 spiro atoms. The van der Waals surface area contributed by atoms with E-state index in [4.69, 9.17) is 4.74 Å². The second kappa shape index (κ2) is 6.61. The highest BCUT2D eigenvalue weighted by molar-refractivity contribution is 5.87. The summed E-state index contributed by atoms with van der Waals surface area (Å²) < 4.78 is 5.48. The number of hydrogen-bond donors (Lipinski definition) is 2. The summed E-state index contributed by atoms with van der Waals surface area (Å²) in [7, 11) is 0. The number of benzene rings is 1. The van der Waals surface area contributed by atoms with E-state index in [0.29, 0.717) is 18.6 Å². The van der Waals surface area contributed by atoms with E-state index in [1.807, 2.05) is 31.2 Å². The van der Waals surface area contributed by atoms with Crippen molar-refractivity contribution in [2.24, 2.45) is 0 Å². The van der Waals surface area contributed by atoms with Crippen molar-refractivity contribution >= 4 is 11.9 Å².